The molecule has 0 spiro atoms. The van der Waals surface area contributed by atoms with Crippen LogP contribution in [0.5, 0.6) is 5.75 Å². The summed E-state index contributed by atoms with van der Waals surface area (Å²) in [6, 6.07) is 13.4. The van der Waals surface area contributed by atoms with E-state index in [-0.39, 0.29) is 30.9 Å². The fourth-order valence-electron chi connectivity index (χ4n) is 4.00. The molecule has 2 atom stereocenters. The summed E-state index contributed by atoms with van der Waals surface area (Å²) >= 11 is 0. The van der Waals surface area contributed by atoms with E-state index in [9.17, 15) is 22.7 Å². The van der Waals surface area contributed by atoms with Crippen LogP contribution in [0.4, 0.5) is 4.39 Å². The van der Waals surface area contributed by atoms with E-state index < -0.39 is 33.9 Å². The molecule has 2 aromatic carbocycles. The van der Waals surface area contributed by atoms with E-state index in [2.05, 4.69) is 10.6 Å². The number of carbonyl (C=O) groups is 1. The number of nitrogens with one attached hydrogen (secondary N) is 2. The van der Waals surface area contributed by atoms with Gasteiger partial charge in [0.1, 0.15) is 0 Å². The first-order chi connectivity index (χ1) is 17.7. The quantitative estimate of drug-likeness (QED) is 0.287. The molecule has 0 aromatic heterocycles. The molecule has 0 heterocycles. The fraction of sp³-hybridized carbons (Fsp3) is 0.519. The van der Waals surface area contributed by atoms with Gasteiger partial charge >= 0.3 is 0 Å². The molecule has 0 unspecified atom stereocenters. The van der Waals surface area contributed by atoms with E-state index in [1.807, 2.05) is 44.2 Å². The van der Waals surface area contributed by atoms with E-state index in [1.54, 1.807) is 6.07 Å². The molecule has 2 rings (SSSR count). The number of sulfonamides is 1. The first kappa shape index (κ1) is 30.7. The van der Waals surface area contributed by atoms with Crippen molar-refractivity contribution in [2.24, 2.45) is 0 Å². The van der Waals surface area contributed by atoms with Gasteiger partial charge in [-0.15, -0.1) is 0 Å². The first-order valence-electron chi connectivity index (χ1n) is 12.7. The topological polar surface area (TPSA) is 108 Å². The molecule has 0 radical (unpaired) electrons. The molecule has 37 heavy (non-hydrogen) atoms. The third kappa shape index (κ3) is 10.4. The van der Waals surface area contributed by atoms with Crippen LogP contribution in [0.25, 0.3) is 0 Å². The number of aliphatic hydroxyl groups excluding tert-OH is 1. The minimum Gasteiger partial charge on any atom is -0.494 e. The molecular formula is C27H40FN3O5S. The Labute approximate surface area is 220 Å². The van der Waals surface area contributed by atoms with E-state index in [4.69, 9.17) is 4.74 Å². The van der Waals surface area contributed by atoms with Gasteiger partial charge in [-0.2, -0.15) is 0 Å². The molecule has 0 aliphatic heterocycles. The minimum absolute atomic E-state index is 0.100. The Morgan fingerprint density at radius 1 is 1.08 bits per heavy atom. The van der Waals surface area contributed by atoms with Crippen LogP contribution in [0.1, 0.15) is 44.2 Å². The molecule has 1 amide bonds. The lowest BCUT2D eigenvalue weighted by Gasteiger charge is -2.25. The van der Waals surface area contributed by atoms with E-state index >= 15 is 0 Å². The summed E-state index contributed by atoms with van der Waals surface area (Å²) in [6.45, 7) is 5.34. The van der Waals surface area contributed by atoms with Crippen LogP contribution in [0.15, 0.2) is 48.5 Å². The van der Waals surface area contributed by atoms with Crippen molar-refractivity contribution in [3.63, 3.8) is 0 Å². The highest BCUT2D eigenvalue weighted by molar-refractivity contribution is 7.89. The zero-order valence-corrected chi connectivity index (χ0v) is 22.8. The third-order valence-electron chi connectivity index (χ3n) is 5.93. The highest BCUT2D eigenvalue weighted by Crippen LogP contribution is 2.19. The summed E-state index contributed by atoms with van der Waals surface area (Å²) in [5.41, 5.74) is 1.61. The van der Waals surface area contributed by atoms with Crippen molar-refractivity contribution >= 4 is 15.9 Å². The molecule has 0 fully saturated rings. The van der Waals surface area contributed by atoms with Gasteiger partial charge in [0, 0.05) is 32.6 Å². The standard InChI is InChI=1S/C27H40FN3O5S/c1-4-14-31(15-5-2)37(34,35)16-13-27(33)30-24(18-22-11-12-26(36-3)23(28)17-22)25(32)20-29-19-21-9-7-6-8-10-21/h6-12,17,24-25,29,32H,4-5,13-16,18-20H2,1-3H3,(H,30,33)/t24-,25+/m0/s1. The molecule has 10 heteroatoms. The van der Waals surface area contributed by atoms with Crippen molar-refractivity contribution in [1.82, 2.24) is 14.9 Å². The van der Waals surface area contributed by atoms with Gasteiger partial charge in [-0.05, 0) is 42.5 Å². The summed E-state index contributed by atoms with van der Waals surface area (Å²) in [5, 5.41) is 16.8. The zero-order chi connectivity index (χ0) is 27.3. The molecule has 206 valence electrons. The molecule has 0 aliphatic rings. The van der Waals surface area contributed by atoms with Crippen LogP contribution in [0.2, 0.25) is 0 Å². The number of nitrogens with zero attached hydrogens (tertiary/aromatic N) is 1. The van der Waals surface area contributed by atoms with Crippen LogP contribution in [-0.2, 0) is 27.8 Å². The van der Waals surface area contributed by atoms with E-state index in [0.29, 0.717) is 38.0 Å². The normalized spacial score (nSPS) is 13.4. The molecule has 0 saturated carbocycles. The van der Waals surface area contributed by atoms with Gasteiger partial charge in [-0.3, -0.25) is 4.79 Å². The summed E-state index contributed by atoms with van der Waals surface area (Å²) in [6.07, 6.45) is 0.309. The molecule has 0 bridgehead atoms. The summed E-state index contributed by atoms with van der Waals surface area (Å²) < 4.78 is 46.1. The number of aliphatic hydroxyl groups is 1. The summed E-state index contributed by atoms with van der Waals surface area (Å²) in [4.78, 5) is 12.8. The third-order valence-corrected chi connectivity index (χ3v) is 7.81. The SMILES string of the molecule is CCCN(CCC)S(=O)(=O)CCC(=O)N[C@@H](Cc1ccc(OC)c(F)c1)[C@H](O)CNCc1ccccc1. The summed E-state index contributed by atoms with van der Waals surface area (Å²) in [7, 11) is -2.21. The minimum atomic E-state index is -3.58. The number of methoxy groups -OCH3 is 1. The predicted molar refractivity (Wildman–Crippen MR) is 143 cm³/mol. The zero-order valence-electron chi connectivity index (χ0n) is 22.0. The number of carbonyl (C=O) groups excluding carboxylic acids is 1. The van der Waals surface area contributed by atoms with Crippen LogP contribution >= 0.6 is 0 Å². The number of amides is 1. The highest BCUT2D eigenvalue weighted by Gasteiger charge is 2.25. The number of halogens is 1. The average molecular weight is 538 g/mol. The number of hydrogen-bond donors (Lipinski definition) is 3. The van der Waals surface area contributed by atoms with Crippen molar-refractivity contribution in [3.05, 3.63) is 65.5 Å². The Morgan fingerprint density at radius 3 is 2.35 bits per heavy atom. The largest absolute Gasteiger partial charge is 0.494 e. The molecule has 2 aromatic rings. The maximum absolute atomic E-state index is 14.2. The smallest absolute Gasteiger partial charge is 0.221 e. The van der Waals surface area contributed by atoms with E-state index in [1.165, 1.54) is 23.5 Å². The van der Waals surface area contributed by atoms with Gasteiger partial charge in [0.15, 0.2) is 11.6 Å². The van der Waals surface area contributed by atoms with Crippen molar-refractivity contribution < 1.29 is 27.4 Å². The van der Waals surface area contributed by atoms with Gasteiger partial charge in [0.05, 0.1) is 25.0 Å². The second kappa shape index (κ2) is 15.7. The van der Waals surface area contributed by atoms with Crippen LogP contribution in [0.3, 0.4) is 0 Å². The monoisotopic (exact) mass is 537 g/mol. The number of rotatable bonds is 17. The number of ether oxygens (including phenoxy) is 1. The Bertz CT molecular complexity index is 1060. The van der Waals surface area contributed by atoms with Crippen molar-refractivity contribution in [2.75, 3.05) is 32.5 Å². The lowest BCUT2D eigenvalue weighted by molar-refractivity contribution is -0.122. The summed E-state index contributed by atoms with van der Waals surface area (Å²) in [5.74, 6) is -1.24. The maximum Gasteiger partial charge on any atom is 0.221 e. The second-order valence-corrected chi connectivity index (χ2v) is 11.1. The molecule has 8 nitrogen and oxygen atoms in total. The van der Waals surface area contributed by atoms with Crippen LogP contribution < -0.4 is 15.4 Å². The second-order valence-electron chi connectivity index (χ2n) is 9.00. The maximum atomic E-state index is 14.2. The van der Waals surface area contributed by atoms with Crippen LogP contribution in [-0.4, -0.2) is 68.4 Å². The average Bonchev–Trinajstić information content (AvgIpc) is 2.88. The first-order valence-corrected chi connectivity index (χ1v) is 14.3. The molecule has 0 aliphatic carbocycles. The van der Waals surface area contributed by atoms with Gasteiger partial charge in [0.25, 0.3) is 0 Å². The van der Waals surface area contributed by atoms with Crippen molar-refractivity contribution in [3.8, 4) is 5.75 Å². The van der Waals surface area contributed by atoms with Gasteiger partial charge in [0.2, 0.25) is 15.9 Å². The number of benzene rings is 2. The Morgan fingerprint density at radius 2 is 1.76 bits per heavy atom. The lowest BCUT2D eigenvalue weighted by Crippen LogP contribution is -2.49. The van der Waals surface area contributed by atoms with Crippen LogP contribution in [0, 0.1) is 5.82 Å². The molecular weight excluding hydrogens is 497 g/mol. The predicted octanol–water partition coefficient (Wildman–Crippen LogP) is 2.85. The Balaban J connectivity index is 2.06. The van der Waals surface area contributed by atoms with Crippen molar-refractivity contribution in [2.45, 2.75) is 58.2 Å². The fourth-order valence-corrected chi connectivity index (χ4v) is 5.62. The molecule has 0 saturated heterocycles. The Kier molecular flexibility index (Phi) is 13.0. The lowest BCUT2D eigenvalue weighted by atomic mass is 10.0. The van der Waals surface area contributed by atoms with Gasteiger partial charge in [-0.25, -0.2) is 17.1 Å². The highest BCUT2D eigenvalue weighted by atomic mass is 32.2. The van der Waals surface area contributed by atoms with Gasteiger partial charge in [-0.1, -0.05) is 50.2 Å². The Hall–Kier alpha value is -2.53. The number of hydrogen-bond acceptors (Lipinski definition) is 6. The molecule has 3 N–H and O–H groups in total. The van der Waals surface area contributed by atoms with Crippen molar-refractivity contribution in [1.29, 1.82) is 0 Å². The van der Waals surface area contributed by atoms with E-state index in [0.717, 1.165) is 5.56 Å². The van der Waals surface area contributed by atoms with Gasteiger partial charge < -0.3 is 20.5 Å².